The Balaban J connectivity index is 1.65. The summed E-state index contributed by atoms with van der Waals surface area (Å²) in [6.07, 6.45) is 0.485. The minimum absolute atomic E-state index is 0.117. The summed E-state index contributed by atoms with van der Waals surface area (Å²) in [7, 11) is 0. The highest BCUT2D eigenvalue weighted by molar-refractivity contribution is 6.06. The molecule has 1 saturated heterocycles. The van der Waals surface area contributed by atoms with Crippen LogP contribution in [0.15, 0.2) is 54.6 Å². The molecule has 2 unspecified atom stereocenters. The zero-order chi connectivity index (χ0) is 23.4. The lowest BCUT2D eigenvalue weighted by Crippen LogP contribution is -2.54. The van der Waals surface area contributed by atoms with Crippen molar-refractivity contribution in [3.05, 3.63) is 71.3 Å². The van der Waals surface area contributed by atoms with Gasteiger partial charge in [-0.2, -0.15) is 0 Å². The predicted molar refractivity (Wildman–Crippen MR) is 124 cm³/mol. The van der Waals surface area contributed by atoms with E-state index in [-0.39, 0.29) is 23.6 Å². The molecule has 2 aliphatic rings. The fraction of sp³-hybridized carbons (Fsp3) is 0.423. The second-order valence-electron chi connectivity index (χ2n) is 8.99. The Labute approximate surface area is 194 Å². The summed E-state index contributed by atoms with van der Waals surface area (Å²) in [6.45, 7) is 6.35. The van der Waals surface area contributed by atoms with Crippen LogP contribution in [0.2, 0.25) is 0 Å². The molecule has 2 aromatic rings. The van der Waals surface area contributed by atoms with Crippen molar-refractivity contribution in [2.24, 2.45) is 5.92 Å². The van der Waals surface area contributed by atoms with Gasteiger partial charge in [0, 0.05) is 25.2 Å². The minimum Gasteiger partial charge on any atom is -0.378 e. The monoisotopic (exact) mass is 449 g/mol. The molecule has 2 atom stereocenters. The molecule has 0 aliphatic carbocycles. The lowest BCUT2D eigenvalue weighted by atomic mass is 9.98. The molecule has 2 aromatic carbocycles. The van der Waals surface area contributed by atoms with Crippen LogP contribution in [0, 0.1) is 5.92 Å². The van der Waals surface area contributed by atoms with Crippen LogP contribution in [-0.2, 0) is 20.9 Å². The van der Waals surface area contributed by atoms with Crippen LogP contribution in [0.25, 0.3) is 0 Å². The maximum atomic E-state index is 13.6. The molecule has 4 rings (SSSR count). The number of carbonyl (C=O) groups is 3. The zero-order valence-electron chi connectivity index (χ0n) is 19.2. The quantitative estimate of drug-likeness (QED) is 0.705. The van der Waals surface area contributed by atoms with Crippen molar-refractivity contribution in [2.75, 3.05) is 26.3 Å². The number of hydrogen-bond donors (Lipinski definition) is 1. The lowest BCUT2D eigenvalue weighted by molar-refractivity contribution is -0.142. The van der Waals surface area contributed by atoms with E-state index in [4.69, 9.17) is 4.74 Å². The van der Waals surface area contributed by atoms with Gasteiger partial charge in [0.25, 0.3) is 5.91 Å². The summed E-state index contributed by atoms with van der Waals surface area (Å²) >= 11 is 0. The highest BCUT2D eigenvalue weighted by Gasteiger charge is 2.47. The van der Waals surface area contributed by atoms with Crippen LogP contribution >= 0.6 is 0 Å². The Morgan fingerprint density at radius 2 is 1.70 bits per heavy atom. The standard InChI is InChI=1S/C26H31N3O4/c1-18(2)16-22(26(32)28-12-14-33-15-13-28)29-23(20-10-6-7-11-21(20)25(29)31)24(30)27-17-19-8-4-3-5-9-19/h3-11,18,22-23H,12-17H2,1-2H3,(H,27,30). The zero-order valence-corrected chi connectivity index (χ0v) is 19.2. The van der Waals surface area contributed by atoms with Crippen molar-refractivity contribution < 1.29 is 19.1 Å². The van der Waals surface area contributed by atoms with E-state index in [0.717, 1.165) is 5.56 Å². The van der Waals surface area contributed by atoms with E-state index in [1.54, 1.807) is 17.0 Å². The van der Waals surface area contributed by atoms with Crippen LogP contribution in [0.3, 0.4) is 0 Å². The van der Waals surface area contributed by atoms with Crippen LogP contribution in [0.5, 0.6) is 0 Å². The largest absolute Gasteiger partial charge is 0.378 e. The third-order valence-electron chi connectivity index (χ3n) is 6.19. The van der Waals surface area contributed by atoms with Crippen LogP contribution < -0.4 is 5.32 Å². The third-order valence-corrected chi connectivity index (χ3v) is 6.19. The number of hydrogen-bond acceptors (Lipinski definition) is 4. The second kappa shape index (κ2) is 10.2. The Morgan fingerprint density at radius 3 is 2.39 bits per heavy atom. The van der Waals surface area contributed by atoms with Crippen molar-refractivity contribution in [1.29, 1.82) is 0 Å². The van der Waals surface area contributed by atoms with Crippen molar-refractivity contribution in [3.63, 3.8) is 0 Å². The number of benzene rings is 2. The summed E-state index contributed by atoms with van der Waals surface area (Å²) in [5.74, 6) is -0.489. The molecule has 0 aromatic heterocycles. The number of nitrogens with one attached hydrogen (secondary N) is 1. The molecule has 33 heavy (non-hydrogen) atoms. The third kappa shape index (κ3) is 4.93. The van der Waals surface area contributed by atoms with E-state index in [0.29, 0.717) is 50.4 Å². The van der Waals surface area contributed by atoms with E-state index in [2.05, 4.69) is 5.32 Å². The fourth-order valence-corrected chi connectivity index (χ4v) is 4.58. The normalized spacial score (nSPS) is 18.9. The van der Waals surface area contributed by atoms with Gasteiger partial charge in [0.2, 0.25) is 11.8 Å². The second-order valence-corrected chi connectivity index (χ2v) is 8.99. The fourth-order valence-electron chi connectivity index (χ4n) is 4.58. The van der Waals surface area contributed by atoms with Crippen LogP contribution in [0.4, 0.5) is 0 Å². The summed E-state index contributed by atoms with van der Waals surface area (Å²) in [4.78, 5) is 43.9. The number of morpholine rings is 1. The average molecular weight is 450 g/mol. The molecular formula is C26H31N3O4. The van der Waals surface area contributed by atoms with E-state index in [1.807, 2.05) is 56.3 Å². The van der Waals surface area contributed by atoms with Gasteiger partial charge in [-0.15, -0.1) is 0 Å². The smallest absolute Gasteiger partial charge is 0.255 e. The van der Waals surface area contributed by atoms with E-state index in [9.17, 15) is 14.4 Å². The van der Waals surface area contributed by atoms with Gasteiger partial charge in [-0.25, -0.2) is 0 Å². The molecule has 1 N–H and O–H groups in total. The number of rotatable bonds is 7. The lowest BCUT2D eigenvalue weighted by Gasteiger charge is -2.37. The van der Waals surface area contributed by atoms with Crippen molar-refractivity contribution in [3.8, 4) is 0 Å². The van der Waals surface area contributed by atoms with Gasteiger partial charge in [0.05, 0.1) is 13.2 Å². The average Bonchev–Trinajstić information content (AvgIpc) is 3.14. The van der Waals surface area contributed by atoms with Gasteiger partial charge >= 0.3 is 0 Å². The molecule has 1 fully saturated rings. The topological polar surface area (TPSA) is 79.0 Å². The van der Waals surface area contributed by atoms with Crippen molar-refractivity contribution in [1.82, 2.24) is 15.1 Å². The molecule has 0 saturated carbocycles. The maximum absolute atomic E-state index is 13.6. The van der Waals surface area contributed by atoms with Gasteiger partial charge in [0.1, 0.15) is 12.1 Å². The summed E-state index contributed by atoms with van der Waals surface area (Å²) in [6, 6.07) is 15.3. The first-order valence-electron chi connectivity index (χ1n) is 11.6. The SMILES string of the molecule is CC(C)CC(C(=O)N1CCOCC1)N1C(=O)c2ccccc2C1C(=O)NCc1ccccc1. The number of ether oxygens (including phenoxy) is 1. The summed E-state index contributed by atoms with van der Waals surface area (Å²) in [5.41, 5.74) is 2.11. The van der Waals surface area contributed by atoms with Crippen LogP contribution in [-0.4, -0.2) is 59.9 Å². The molecule has 2 aliphatic heterocycles. The molecule has 0 spiro atoms. The first kappa shape index (κ1) is 23.0. The molecule has 2 heterocycles. The van der Waals surface area contributed by atoms with E-state index in [1.165, 1.54) is 4.90 Å². The highest BCUT2D eigenvalue weighted by atomic mass is 16.5. The Kier molecular flexibility index (Phi) is 7.08. The molecule has 7 heteroatoms. The van der Waals surface area contributed by atoms with Gasteiger partial charge in [0.15, 0.2) is 0 Å². The minimum atomic E-state index is -0.842. The van der Waals surface area contributed by atoms with Gasteiger partial charge in [-0.05, 0) is 29.5 Å². The van der Waals surface area contributed by atoms with Gasteiger partial charge in [-0.1, -0.05) is 62.4 Å². The van der Waals surface area contributed by atoms with E-state index < -0.39 is 12.1 Å². The summed E-state index contributed by atoms with van der Waals surface area (Å²) < 4.78 is 5.40. The van der Waals surface area contributed by atoms with Crippen molar-refractivity contribution in [2.45, 2.75) is 38.9 Å². The molecule has 0 radical (unpaired) electrons. The molecule has 7 nitrogen and oxygen atoms in total. The predicted octanol–water partition coefficient (Wildman–Crippen LogP) is 2.77. The molecular weight excluding hydrogens is 418 g/mol. The molecule has 0 bridgehead atoms. The highest BCUT2D eigenvalue weighted by Crippen LogP contribution is 2.37. The number of nitrogens with zero attached hydrogens (tertiary/aromatic N) is 2. The van der Waals surface area contributed by atoms with Crippen LogP contribution in [0.1, 0.15) is 47.8 Å². The van der Waals surface area contributed by atoms with Gasteiger partial charge < -0.3 is 19.9 Å². The number of amides is 3. The number of fused-ring (bicyclic) bond motifs is 1. The number of carbonyl (C=O) groups excluding carboxylic acids is 3. The maximum Gasteiger partial charge on any atom is 0.255 e. The van der Waals surface area contributed by atoms with Crippen molar-refractivity contribution >= 4 is 17.7 Å². The Bertz CT molecular complexity index is 1000. The van der Waals surface area contributed by atoms with Gasteiger partial charge in [-0.3, -0.25) is 14.4 Å². The first-order chi connectivity index (χ1) is 16.0. The molecule has 174 valence electrons. The Morgan fingerprint density at radius 1 is 1.03 bits per heavy atom. The first-order valence-corrected chi connectivity index (χ1v) is 11.6. The summed E-state index contributed by atoms with van der Waals surface area (Å²) in [5, 5.41) is 2.98. The Hall–Kier alpha value is -3.19. The van der Waals surface area contributed by atoms with E-state index >= 15 is 0 Å². The molecule has 3 amide bonds.